The van der Waals surface area contributed by atoms with E-state index in [4.69, 9.17) is 33.0 Å². The van der Waals surface area contributed by atoms with E-state index in [1.165, 1.54) is 12.1 Å². The number of thiazole rings is 1. The van der Waals surface area contributed by atoms with Crippen LogP contribution in [0.1, 0.15) is 9.67 Å². The Labute approximate surface area is 115 Å². The molecular weight excluding hydrogens is 304 g/mol. The second-order valence-electron chi connectivity index (χ2n) is 3.08. The van der Waals surface area contributed by atoms with Crippen LogP contribution in [-0.2, 0) is 0 Å². The van der Waals surface area contributed by atoms with Gasteiger partial charge < -0.3 is 9.84 Å². The van der Waals surface area contributed by atoms with Crippen LogP contribution in [0.15, 0.2) is 18.2 Å². The van der Waals surface area contributed by atoms with Crippen molar-refractivity contribution in [3.8, 4) is 10.9 Å². The van der Waals surface area contributed by atoms with Gasteiger partial charge in [-0.1, -0.05) is 34.5 Å². The van der Waals surface area contributed by atoms with Crippen molar-refractivity contribution in [3.05, 3.63) is 39.1 Å². The third kappa shape index (κ3) is 2.72. The second-order valence-corrected chi connectivity index (χ2v) is 4.81. The van der Waals surface area contributed by atoms with Crippen LogP contribution in [0.4, 0.5) is 4.39 Å². The smallest absolute Gasteiger partial charge is 0.349 e. The van der Waals surface area contributed by atoms with Crippen LogP contribution in [0, 0.1) is 5.82 Å². The molecule has 1 N–H and O–H groups in total. The molecule has 0 saturated heterocycles. The molecule has 2 rings (SSSR count). The molecule has 0 saturated carbocycles. The van der Waals surface area contributed by atoms with E-state index >= 15 is 0 Å². The average molecular weight is 308 g/mol. The number of halogens is 3. The van der Waals surface area contributed by atoms with Crippen LogP contribution in [0.5, 0.6) is 10.9 Å². The number of nitrogens with zero attached hydrogens (tertiary/aromatic N) is 1. The summed E-state index contributed by atoms with van der Waals surface area (Å²) in [6, 6.07) is 3.73. The summed E-state index contributed by atoms with van der Waals surface area (Å²) in [4.78, 5) is 14.3. The summed E-state index contributed by atoms with van der Waals surface area (Å²) in [5, 5.41) is 8.57. The SMILES string of the molecule is O=C(O)c1sc(Oc2ccc(F)c(Cl)c2)nc1Cl. The lowest BCUT2D eigenvalue weighted by Crippen LogP contribution is -1.91. The Morgan fingerprint density at radius 1 is 1.44 bits per heavy atom. The van der Waals surface area contributed by atoms with Crippen molar-refractivity contribution in [3.63, 3.8) is 0 Å². The van der Waals surface area contributed by atoms with Crippen molar-refractivity contribution in [1.82, 2.24) is 4.98 Å². The minimum Gasteiger partial charge on any atom is -0.477 e. The summed E-state index contributed by atoms with van der Waals surface area (Å²) in [6.07, 6.45) is 0. The molecule has 94 valence electrons. The van der Waals surface area contributed by atoms with Gasteiger partial charge in [0.1, 0.15) is 11.6 Å². The molecule has 0 aliphatic heterocycles. The molecule has 0 radical (unpaired) electrons. The number of carbonyl (C=O) groups is 1. The van der Waals surface area contributed by atoms with E-state index in [0.717, 1.165) is 17.4 Å². The molecule has 18 heavy (non-hydrogen) atoms. The maximum Gasteiger partial charge on any atom is 0.349 e. The standard InChI is InChI=1S/C10H4Cl2FNO3S/c11-5-3-4(1-2-6(5)13)17-10-14-8(12)7(18-10)9(15)16/h1-3H,(H,15,16). The van der Waals surface area contributed by atoms with Gasteiger partial charge in [0.05, 0.1) is 5.02 Å². The molecule has 0 bridgehead atoms. The first kappa shape index (κ1) is 13.1. The number of carboxylic acid groups (broad SMARTS) is 1. The molecule has 0 aliphatic carbocycles. The Kier molecular flexibility index (Phi) is 3.70. The second kappa shape index (κ2) is 5.09. The fourth-order valence-corrected chi connectivity index (χ4v) is 2.26. The van der Waals surface area contributed by atoms with E-state index in [1.807, 2.05) is 0 Å². The Bertz CT molecular complexity index is 617. The number of ether oxygens (including phenoxy) is 1. The zero-order valence-electron chi connectivity index (χ0n) is 8.49. The number of aromatic carboxylic acids is 1. The van der Waals surface area contributed by atoms with Crippen molar-refractivity contribution >= 4 is 40.5 Å². The zero-order valence-corrected chi connectivity index (χ0v) is 10.8. The molecule has 0 spiro atoms. The van der Waals surface area contributed by atoms with Crippen molar-refractivity contribution in [2.45, 2.75) is 0 Å². The lowest BCUT2D eigenvalue weighted by molar-refractivity contribution is 0.0702. The first-order valence-corrected chi connectivity index (χ1v) is 6.07. The van der Waals surface area contributed by atoms with Crippen LogP contribution in [0.3, 0.4) is 0 Å². The number of hydrogen-bond acceptors (Lipinski definition) is 4. The number of carboxylic acids is 1. The predicted octanol–water partition coefficient (Wildman–Crippen LogP) is 4.08. The lowest BCUT2D eigenvalue weighted by Gasteiger charge is -2.01. The van der Waals surface area contributed by atoms with Gasteiger partial charge in [-0.2, -0.15) is 4.98 Å². The molecule has 1 aromatic heterocycles. The fraction of sp³-hybridized carbons (Fsp3) is 0. The quantitative estimate of drug-likeness (QED) is 0.928. The molecular formula is C10H4Cl2FNO3S. The van der Waals surface area contributed by atoms with Gasteiger partial charge in [-0.25, -0.2) is 9.18 Å². The summed E-state index contributed by atoms with van der Waals surface area (Å²) >= 11 is 12.0. The predicted molar refractivity (Wildman–Crippen MR) is 65.6 cm³/mol. The highest BCUT2D eigenvalue weighted by atomic mass is 35.5. The van der Waals surface area contributed by atoms with Gasteiger partial charge in [0.2, 0.25) is 0 Å². The molecule has 1 heterocycles. The van der Waals surface area contributed by atoms with Gasteiger partial charge in [0.25, 0.3) is 5.19 Å². The third-order valence-corrected chi connectivity index (χ3v) is 3.45. The number of hydrogen-bond donors (Lipinski definition) is 1. The minimum atomic E-state index is -1.19. The van der Waals surface area contributed by atoms with Crippen molar-refractivity contribution < 1.29 is 19.0 Å². The minimum absolute atomic E-state index is 0.0417. The van der Waals surface area contributed by atoms with E-state index in [2.05, 4.69) is 4.98 Å². The summed E-state index contributed by atoms with van der Waals surface area (Å²) < 4.78 is 18.1. The summed E-state index contributed by atoms with van der Waals surface area (Å²) in [5.74, 6) is -1.53. The molecule has 0 aliphatic rings. The molecule has 0 unspecified atom stereocenters. The maximum absolute atomic E-state index is 12.9. The highest BCUT2D eigenvalue weighted by molar-refractivity contribution is 7.15. The Balaban J connectivity index is 2.26. The zero-order chi connectivity index (χ0) is 13.3. The van der Waals surface area contributed by atoms with Gasteiger partial charge >= 0.3 is 5.97 Å². The van der Waals surface area contributed by atoms with Crippen LogP contribution < -0.4 is 4.74 Å². The normalized spacial score (nSPS) is 10.4. The molecule has 8 heteroatoms. The first-order chi connectivity index (χ1) is 8.47. The van der Waals surface area contributed by atoms with E-state index in [9.17, 15) is 9.18 Å². The number of rotatable bonds is 3. The van der Waals surface area contributed by atoms with Crippen molar-refractivity contribution in [2.75, 3.05) is 0 Å². The molecule has 0 fully saturated rings. The molecule has 0 atom stereocenters. The third-order valence-electron chi connectivity index (χ3n) is 1.86. The van der Waals surface area contributed by atoms with E-state index < -0.39 is 11.8 Å². The fourth-order valence-electron chi connectivity index (χ4n) is 1.10. The van der Waals surface area contributed by atoms with Gasteiger partial charge in [0, 0.05) is 6.07 Å². The van der Waals surface area contributed by atoms with Crippen LogP contribution in [-0.4, -0.2) is 16.1 Å². The number of benzene rings is 1. The topological polar surface area (TPSA) is 59.4 Å². The summed E-state index contributed by atoms with van der Waals surface area (Å²) in [6.45, 7) is 0. The summed E-state index contributed by atoms with van der Waals surface area (Å²) in [7, 11) is 0. The molecule has 4 nitrogen and oxygen atoms in total. The van der Waals surface area contributed by atoms with E-state index in [-0.39, 0.29) is 26.0 Å². The maximum atomic E-state index is 12.9. The molecule has 0 amide bonds. The van der Waals surface area contributed by atoms with Gasteiger partial charge in [-0.15, -0.1) is 0 Å². The van der Waals surface area contributed by atoms with E-state index in [1.54, 1.807) is 0 Å². The van der Waals surface area contributed by atoms with Gasteiger partial charge in [-0.3, -0.25) is 0 Å². The molecule has 1 aromatic carbocycles. The first-order valence-electron chi connectivity index (χ1n) is 4.50. The van der Waals surface area contributed by atoms with Gasteiger partial charge in [0.15, 0.2) is 10.0 Å². The number of aromatic nitrogens is 1. The molecule has 2 aromatic rings. The van der Waals surface area contributed by atoms with Crippen LogP contribution in [0.2, 0.25) is 10.2 Å². The average Bonchev–Trinajstić information content (AvgIpc) is 2.65. The van der Waals surface area contributed by atoms with Crippen molar-refractivity contribution in [1.29, 1.82) is 0 Å². The van der Waals surface area contributed by atoms with Crippen LogP contribution in [0.25, 0.3) is 0 Å². The monoisotopic (exact) mass is 307 g/mol. The van der Waals surface area contributed by atoms with E-state index in [0.29, 0.717) is 0 Å². The Morgan fingerprint density at radius 2 is 2.17 bits per heavy atom. The Morgan fingerprint density at radius 3 is 2.72 bits per heavy atom. The largest absolute Gasteiger partial charge is 0.477 e. The van der Waals surface area contributed by atoms with Crippen LogP contribution >= 0.6 is 34.5 Å². The lowest BCUT2D eigenvalue weighted by atomic mass is 10.3. The highest BCUT2D eigenvalue weighted by Gasteiger charge is 2.17. The van der Waals surface area contributed by atoms with Crippen molar-refractivity contribution in [2.24, 2.45) is 0 Å². The Hall–Kier alpha value is -1.37. The van der Waals surface area contributed by atoms with Gasteiger partial charge in [-0.05, 0) is 12.1 Å². The summed E-state index contributed by atoms with van der Waals surface area (Å²) in [5.41, 5.74) is 0. The highest BCUT2D eigenvalue weighted by Crippen LogP contribution is 2.33.